The zero-order chi connectivity index (χ0) is 33.4. The van der Waals surface area contributed by atoms with Crippen LogP contribution < -0.4 is 9.62 Å². The van der Waals surface area contributed by atoms with Gasteiger partial charge in [0.25, 0.3) is 10.0 Å². The fraction of sp³-hybridized carbons (Fsp3) is 0.297. The van der Waals surface area contributed by atoms with E-state index in [2.05, 4.69) is 5.32 Å². The van der Waals surface area contributed by atoms with Crippen LogP contribution in [0.2, 0.25) is 5.02 Å². The third kappa shape index (κ3) is 8.78. The molecule has 1 fully saturated rings. The van der Waals surface area contributed by atoms with E-state index < -0.39 is 34.3 Å². The lowest BCUT2D eigenvalue weighted by atomic mass is 9.94. The van der Waals surface area contributed by atoms with Crippen molar-refractivity contribution in [2.45, 2.75) is 69.0 Å². The number of carbonyl (C=O) groups is 2. The van der Waals surface area contributed by atoms with Crippen LogP contribution in [0.15, 0.2) is 108 Å². The topological polar surface area (TPSA) is 86.8 Å². The van der Waals surface area contributed by atoms with Crippen LogP contribution in [0.3, 0.4) is 0 Å². The molecule has 0 spiro atoms. The van der Waals surface area contributed by atoms with Crippen LogP contribution in [0.5, 0.6) is 0 Å². The van der Waals surface area contributed by atoms with Crippen molar-refractivity contribution in [2.24, 2.45) is 0 Å². The summed E-state index contributed by atoms with van der Waals surface area (Å²) in [6.07, 6.45) is 5.04. The maximum atomic E-state index is 14.6. The molecule has 47 heavy (non-hydrogen) atoms. The van der Waals surface area contributed by atoms with Gasteiger partial charge in [-0.05, 0) is 67.3 Å². The molecule has 4 aromatic rings. The average molecular weight is 676 g/mol. The molecule has 0 bridgehead atoms. The molecule has 1 N–H and O–H groups in total. The van der Waals surface area contributed by atoms with Crippen molar-refractivity contribution >= 4 is 39.1 Å². The second-order valence-corrected chi connectivity index (χ2v) is 14.2. The third-order valence-corrected chi connectivity index (χ3v) is 10.6. The summed E-state index contributed by atoms with van der Waals surface area (Å²) in [5, 5.41) is 3.33. The fourth-order valence-electron chi connectivity index (χ4n) is 5.89. The van der Waals surface area contributed by atoms with Gasteiger partial charge in [-0.1, -0.05) is 103 Å². The summed E-state index contributed by atoms with van der Waals surface area (Å²) in [6, 6.07) is 26.9. The first-order chi connectivity index (χ1) is 22.6. The second-order valence-electron chi connectivity index (χ2n) is 12.0. The largest absolute Gasteiger partial charge is 0.352 e. The molecule has 0 unspecified atom stereocenters. The van der Waals surface area contributed by atoms with E-state index in [4.69, 9.17) is 11.6 Å². The van der Waals surface area contributed by atoms with Gasteiger partial charge in [0.1, 0.15) is 18.4 Å². The highest BCUT2D eigenvalue weighted by Gasteiger charge is 2.36. The first kappa shape index (κ1) is 34.1. The van der Waals surface area contributed by atoms with Gasteiger partial charge in [-0.2, -0.15) is 0 Å². The van der Waals surface area contributed by atoms with E-state index in [1.165, 1.54) is 29.2 Å². The number of amides is 2. The molecular weight excluding hydrogens is 637 g/mol. The highest BCUT2D eigenvalue weighted by Crippen LogP contribution is 2.31. The average Bonchev–Trinajstić information content (AvgIpc) is 3.07. The molecule has 1 aliphatic carbocycles. The van der Waals surface area contributed by atoms with Crippen LogP contribution >= 0.6 is 11.6 Å². The maximum Gasteiger partial charge on any atom is 0.264 e. The Morgan fingerprint density at radius 1 is 0.851 bits per heavy atom. The van der Waals surface area contributed by atoms with E-state index in [0.717, 1.165) is 47.5 Å². The Morgan fingerprint density at radius 3 is 2.15 bits per heavy atom. The van der Waals surface area contributed by atoms with Crippen molar-refractivity contribution in [1.29, 1.82) is 0 Å². The minimum Gasteiger partial charge on any atom is -0.352 e. The van der Waals surface area contributed by atoms with Crippen LogP contribution in [0.4, 0.5) is 10.1 Å². The molecule has 246 valence electrons. The highest BCUT2D eigenvalue weighted by molar-refractivity contribution is 7.92. The van der Waals surface area contributed by atoms with Gasteiger partial charge in [0.2, 0.25) is 11.8 Å². The van der Waals surface area contributed by atoms with Crippen LogP contribution in [-0.4, -0.2) is 43.8 Å². The molecule has 0 aliphatic heterocycles. The predicted molar refractivity (Wildman–Crippen MR) is 183 cm³/mol. The van der Waals surface area contributed by atoms with Gasteiger partial charge in [0.15, 0.2) is 0 Å². The van der Waals surface area contributed by atoms with E-state index >= 15 is 0 Å². The number of nitrogens with one attached hydrogen (secondary N) is 1. The lowest BCUT2D eigenvalue weighted by molar-refractivity contribution is -0.140. The standard InChI is InChI=1S/C37H39ClFN3O4S/c1-27-16-22-32(23-17-27)47(45,46)42(34-15-9-8-14-33(34)38)26-36(43)41(25-29-18-20-30(39)21-19-29)35(24-28-10-4-2-5-11-28)37(44)40-31-12-6-3-7-13-31/h2,4-5,8-11,14-23,31,35H,3,6-7,12-13,24-26H2,1H3,(H,40,44)/t35-/m1/s1. The summed E-state index contributed by atoms with van der Waals surface area (Å²) in [5.74, 6) is -1.36. The lowest BCUT2D eigenvalue weighted by Gasteiger charge is -2.35. The Hall–Kier alpha value is -4.21. The van der Waals surface area contributed by atoms with Gasteiger partial charge in [-0.3, -0.25) is 13.9 Å². The first-order valence-corrected chi connectivity index (χ1v) is 17.7. The molecule has 1 saturated carbocycles. The van der Waals surface area contributed by atoms with Crippen LogP contribution in [0.25, 0.3) is 0 Å². The van der Waals surface area contributed by atoms with Gasteiger partial charge in [-0.15, -0.1) is 0 Å². The monoisotopic (exact) mass is 675 g/mol. The summed E-state index contributed by atoms with van der Waals surface area (Å²) in [5.41, 5.74) is 2.44. The van der Waals surface area contributed by atoms with E-state index in [-0.39, 0.29) is 40.5 Å². The summed E-state index contributed by atoms with van der Waals surface area (Å²) in [7, 11) is -4.28. The van der Waals surface area contributed by atoms with Crippen LogP contribution in [0, 0.1) is 12.7 Å². The fourth-order valence-corrected chi connectivity index (χ4v) is 7.61. The summed E-state index contributed by atoms with van der Waals surface area (Å²) in [4.78, 5) is 30.1. The highest BCUT2D eigenvalue weighted by atomic mass is 35.5. The van der Waals surface area contributed by atoms with Gasteiger partial charge < -0.3 is 10.2 Å². The van der Waals surface area contributed by atoms with Crippen LogP contribution in [-0.2, 0) is 32.6 Å². The summed E-state index contributed by atoms with van der Waals surface area (Å²) in [6.45, 7) is 1.18. The molecule has 4 aromatic carbocycles. The number of sulfonamides is 1. The van der Waals surface area contributed by atoms with Crippen molar-refractivity contribution in [3.8, 4) is 0 Å². The smallest absolute Gasteiger partial charge is 0.264 e. The zero-order valence-electron chi connectivity index (χ0n) is 26.3. The van der Waals surface area contributed by atoms with Gasteiger partial charge in [0.05, 0.1) is 15.6 Å². The normalized spacial score (nSPS) is 14.3. The van der Waals surface area contributed by atoms with Crippen molar-refractivity contribution in [3.05, 3.63) is 131 Å². The summed E-state index contributed by atoms with van der Waals surface area (Å²) >= 11 is 6.54. The van der Waals surface area contributed by atoms with E-state index in [1.54, 1.807) is 48.5 Å². The molecule has 0 radical (unpaired) electrons. The number of para-hydroxylation sites is 1. The Bertz CT molecular complexity index is 1760. The molecule has 0 saturated heterocycles. The zero-order valence-corrected chi connectivity index (χ0v) is 27.9. The number of benzene rings is 4. The van der Waals surface area contributed by atoms with Gasteiger partial charge in [0, 0.05) is 19.0 Å². The number of nitrogens with zero attached hydrogens (tertiary/aromatic N) is 2. The molecule has 10 heteroatoms. The predicted octanol–water partition coefficient (Wildman–Crippen LogP) is 7.07. The molecular formula is C37H39ClFN3O4S. The Balaban J connectivity index is 1.56. The minimum atomic E-state index is -4.28. The van der Waals surface area contributed by atoms with Gasteiger partial charge in [-0.25, -0.2) is 12.8 Å². The number of hydrogen-bond acceptors (Lipinski definition) is 4. The van der Waals surface area contributed by atoms with Crippen LogP contribution in [0.1, 0.15) is 48.8 Å². The minimum absolute atomic E-state index is 0.00298. The molecule has 1 atom stereocenters. The number of anilines is 1. The molecule has 2 amide bonds. The molecule has 1 aliphatic rings. The number of aryl methyl sites for hydroxylation is 1. The Morgan fingerprint density at radius 2 is 1.49 bits per heavy atom. The quantitative estimate of drug-likeness (QED) is 0.174. The number of hydrogen-bond donors (Lipinski definition) is 1. The first-order valence-electron chi connectivity index (χ1n) is 15.8. The Labute approximate surface area is 281 Å². The lowest BCUT2D eigenvalue weighted by Crippen LogP contribution is -2.55. The Kier molecular flexibility index (Phi) is 11.3. The molecule has 0 aromatic heterocycles. The van der Waals surface area contributed by atoms with Gasteiger partial charge >= 0.3 is 0 Å². The van der Waals surface area contributed by atoms with E-state index in [9.17, 15) is 22.4 Å². The van der Waals surface area contributed by atoms with E-state index in [1.807, 2.05) is 37.3 Å². The summed E-state index contributed by atoms with van der Waals surface area (Å²) < 4.78 is 43.3. The third-order valence-electron chi connectivity index (χ3n) is 8.50. The van der Waals surface area contributed by atoms with Crippen molar-refractivity contribution in [2.75, 3.05) is 10.8 Å². The molecule has 5 rings (SSSR count). The number of carbonyl (C=O) groups excluding carboxylic acids is 2. The van der Waals surface area contributed by atoms with Crippen molar-refractivity contribution < 1.29 is 22.4 Å². The molecule has 7 nitrogen and oxygen atoms in total. The number of rotatable bonds is 12. The van der Waals surface area contributed by atoms with Crippen molar-refractivity contribution in [3.63, 3.8) is 0 Å². The van der Waals surface area contributed by atoms with E-state index in [0.29, 0.717) is 5.56 Å². The molecule has 0 heterocycles. The van der Waals surface area contributed by atoms with Crippen molar-refractivity contribution in [1.82, 2.24) is 10.2 Å². The maximum absolute atomic E-state index is 14.6. The SMILES string of the molecule is Cc1ccc(S(=O)(=O)N(CC(=O)N(Cc2ccc(F)cc2)[C@H](Cc2ccccc2)C(=O)NC2CCCCC2)c2ccccc2Cl)cc1. The second kappa shape index (κ2) is 15.6. The number of halogens is 2.